The molecular weight excluding hydrogens is 328 g/mol. The van der Waals surface area contributed by atoms with Gasteiger partial charge in [-0.3, -0.25) is 0 Å². The van der Waals surface area contributed by atoms with Crippen molar-refractivity contribution in [3.8, 4) is 5.75 Å². The van der Waals surface area contributed by atoms with Gasteiger partial charge < -0.3 is 8.60 Å². The highest BCUT2D eigenvalue weighted by Gasteiger charge is 2.20. The SMILES string of the molecule is Cc1cc(C)c(OS(=O)(=O)c2ccc3oc(=O)ccc3c2)c(C)c1. The summed E-state index contributed by atoms with van der Waals surface area (Å²) in [6.07, 6.45) is 0. The molecule has 24 heavy (non-hydrogen) atoms. The summed E-state index contributed by atoms with van der Waals surface area (Å²) >= 11 is 0. The van der Waals surface area contributed by atoms with Gasteiger partial charge in [0.15, 0.2) is 0 Å². The Hall–Kier alpha value is -2.60. The minimum absolute atomic E-state index is 0.00299. The first-order valence-electron chi connectivity index (χ1n) is 7.32. The van der Waals surface area contributed by atoms with Crippen LogP contribution in [0.3, 0.4) is 0 Å². The molecule has 2 aromatic carbocycles. The van der Waals surface area contributed by atoms with Gasteiger partial charge in [0.1, 0.15) is 16.2 Å². The fraction of sp³-hybridized carbons (Fsp3) is 0.167. The average molecular weight is 344 g/mol. The van der Waals surface area contributed by atoms with Crippen LogP contribution in [-0.4, -0.2) is 8.42 Å². The van der Waals surface area contributed by atoms with E-state index in [0.717, 1.165) is 16.7 Å². The summed E-state index contributed by atoms with van der Waals surface area (Å²) in [5.41, 5.74) is 2.38. The molecule has 0 spiro atoms. The molecule has 0 aliphatic carbocycles. The Morgan fingerprint density at radius 1 is 0.917 bits per heavy atom. The van der Waals surface area contributed by atoms with Gasteiger partial charge in [-0.15, -0.1) is 0 Å². The Balaban J connectivity index is 2.05. The van der Waals surface area contributed by atoms with Gasteiger partial charge in [0.2, 0.25) is 0 Å². The molecule has 124 valence electrons. The average Bonchev–Trinajstić information content (AvgIpc) is 2.50. The van der Waals surface area contributed by atoms with Gasteiger partial charge in [0, 0.05) is 11.5 Å². The van der Waals surface area contributed by atoms with Crippen molar-refractivity contribution in [3.05, 3.63) is 69.6 Å². The topological polar surface area (TPSA) is 73.6 Å². The van der Waals surface area contributed by atoms with E-state index >= 15 is 0 Å². The third-order valence-electron chi connectivity index (χ3n) is 3.68. The van der Waals surface area contributed by atoms with E-state index in [2.05, 4.69) is 0 Å². The van der Waals surface area contributed by atoms with Crippen molar-refractivity contribution in [2.24, 2.45) is 0 Å². The van der Waals surface area contributed by atoms with Crippen LogP contribution in [-0.2, 0) is 10.1 Å². The molecule has 5 nitrogen and oxygen atoms in total. The fourth-order valence-corrected chi connectivity index (χ4v) is 3.75. The maximum atomic E-state index is 12.6. The summed E-state index contributed by atoms with van der Waals surface area (Å²) in [7, 11) is -3.99. The number of fused-ring (bicyclic) bond motifs is 1. The van der Waals surface area contributed by atoms with Crippen LogP contribution in [0.25, 0.3) is 11.0 Å². The summed E-state index contributed by atoms with van der Waals surface area (Å²) in [6, 6.07) is 10.7. The summed E-state index contributed by atoms with van der Waals surface area (Å²) in [6.45, 7) is 5.55. The quantitative estimate of drug-likeness (QED) is 0.537. The summed E-state index contributed by atoms with van der Waals surface area (Å²) in [5, 5.41) is 0.511. The van der Waals surface area contributed by atoms with E-state index in [1.54, 1.807) is 13.8 Å². The summed E-state index contributed by atoms with van der Waals surface area (Å²) in [4.78, 5) is 11.2. The second-order valence-corrected chi connectivity index (χ2v) is 7.27. The van der Waals surface area contributed by atoms with Crippen LogP contribution in [0.15, 0.2) is 56.6 Å². The van der Waals surface area contributed by atoms with E-state index in [1.807, 2.05) is 19.1 Å². The predicted molar refractivity (Wildman–Crippen MR) is 91.0 cm³/mol. The van der Waals surface area contributed by atoms with Crippen molar-refractivity contribution < 1.29 is 17.0 Å². The van der Waals surface area contributed by atoms with Gasteiger partial charge >= 0.3 is 15.7 Å². The molecule has 0 aliphatic heterocycles. The lowest BCUT2D eigenvalue weighted by Crippen LogP contribution is -2.11. The monoisotopic (exact) mass is 344 g/mol. The minimum atomic E-state index is -3.99. The molecule has 0 aliphatic rings. The molecule has 0 saturated carbocycles. The van der Waals surface area contributed by atoms with E-state index in [1.165, 1.54) is 30.3 Å². The largest absolute Gasteiger partial charge is 0.423 e. The van der Waals surface area contributed by atoms with E-state index in [4.69, 9.17) is 8.60 Å². The Morgan fingerprint density at radius 3 is 2.25 bits per heavy atom. The number of rotatable bonds is 3. The highest BCUT2D eigenvalue weighted by Crippen LogP contribution is 2.28. The maximum Gasteiger partial charge on any atom is 0.339 e. The van der Waals surface area contributed by atoms with Gasteiger partial charge in [-0.2, -0.15) is 8.42 Å². The van der Waals surface area contributed by atoms with Crippen LogP contribution >= 0.6 is 0 Å². The van der Waals surface area contributed by atoms with Crippen LogP contribution in [0, 0.1) is 20.8 Å². The van der Waals surface area contributed by atoms with Gasteiger partial charge in [0.25, 0.3) is 0 Å². The van der Waals surface area contributed by atoms with E-state index in [-0.39, 0.29) is 4.90 Å². The molecule has 6 heteroatoms. The van der Waals surface area contributed by atoms with Crippen LogP contribution in [0.5, 0.6) is 5.75 Å². The maximum absolute atomic E-state index is 12.6. The lowest BCUT2D eigenvalue weighted by molar-refractivity contribution is 0.482. The molecular formula is C18H16O5S. The van der Waals surface area contributed by atoms with Crippen LogP contribution in [0.1, 0.15) is 16.7 Å². The summed E-state index contributed by atoms with van der Waals surface area (Å²) < 4.78 is 35.5. The zero-order chi connectivity index (χ0) is 17.5. The first kappa shape index (κ1) is 16.3. The van der Waals surface area contributed by atoms with Crippen LogP contribution < -0.4 is 9.81 Å². The van der Waals surface area contributed by atoms with E-state index in [9.17, 15) is 13.2 Å². The Morgan fingerprint density at radius 2 is 1.58 bits per heavy atom. The Labute approximate surface area is 139 Å². The lowest BCUT2D eigenvalue weighted by atomic mass is 10.1. The Kier molecular flexibility index (Phi) is 3.93. The molecule has 0 bridgehead atoms. The van der Waals surface area contributed by atoms with Crippen molar-refractivity contribution in [2.45, 2.75) is 25.7 Å². The number of benzene rings is 2. The molecule has 1 aromatic heterocycles. The smallest absolute Gasteiger partial charge is 0.339 e. The summed E-state index contributed by atoms with van der Waals surface area (Å²) in [5.74, 6) is 0.334. The van der Waals surface area contributed by atoms with Crippen molar-refractivity contribution in [1.29, 1.82) is 0 Å². The number of aryl methyl sites for hydroxylation is 3. The second kappa shape index (κ2) is 5.79. The van der Waals surface area contributed by atoms with Crippen molar-refractivity contribution >= 4 is 21.1 Å². The molecule has 0 atom stereocenters. The highest BCUT2D eigenvalue weighted by molar-refractivity contribution is 7.87. The molecule has 1 heterocycles. The first-order chi connectivity index (χ1) is 11.3. The van der Waals surface area contributed by atoms with Crippen molar-refractivity contribution in [1.82, 2.24) is 0 Å². The third-order valence-corrected chi connectivity index (χ3v) is 4.89. The van der Waals surface area contributed by atoms with Gasteiger partial charge in [-0.25, -0.2) is 4.79 Å². The normalized spacial score (nSPS) is 11.6. The molecule has 3 aromatic rings. The zero-order valence-electron chi connectivity index (χ0n) is 13.5. The standard InChI is InChI=1S/C18H16O5S/c1-11-8-12(2)18(13(3)9-11)23-24(20,21)15-5-6-16-14(10-15)4-7-17(19)22-16/h4-10H,1-3H3. The van der Waals surface area contributed by atoms with Crippen LogP contribution in [0.4, 0.5) is 0 Å². The lowest BCUT2D eigenvalue weighted by Gasteiger charge is -2.13. The molecule has 0 amide bonds. The van der Waals surface area contributed by atoms with E-state index < -0.39 is 15.7 Å². The number of hydrogen-bond donors (Lipinski definition) is 0. The fourth-order valence-electron chi connectivity index (χ4n) is 2.66. The van der Waals surface area contributed by atoms with Gasteiger partial charge in [-0.05, 0) is 56.2 Å². The molecule has 0 N–H and O–H groups in total. The first-order valence-corrected chi connectivity index (χ1v) is 8.73. The molecule has 0 fully saturated rings. The van der Waals surface area contributed by atoms with E-state index in [0.29, 0.717) is 16.7 Å². The third kappa shape index (κ3) is 3.05. The second-order valence-electron chi connectivity index (χ2n) is 5.72. The van der Waals surface area contributed by atoms with Crippen LogP contribution in [0.2, 0.25) is 0 Å². The molecule has 3 rings (SSSR count). The predicted octanol–water partition coefficient (Wildman–Crippen LogP) is 3.49. The molecule has 0 saturated heterocycles. The zero-order valence-corrected chi connectivity index (χ0v) is 14.3. The number of hydrogen-bond acceptors (Lipinski definition) is 5. The molecule has 0 unspecified atom stereocenters. The van der Waals surface area contributed by atoms with Gasteiger partial charge in [0.05, 0.1) is 0 Å². The minimum Gasteiger partial charge on any atom is -0.423 e. The van der Waals surface area contributed by atoms with Crippen molar-refractivity contribution in [2.75, 3.05) is 0 Å². The Bertz CT molecular complexity index is 1070. The van der Waals surface area contributed by atoms with Gasteiger partial charge in [-0.1, -0.05) is 17.7 Å². The van der Waals surface area contributed by atoms with Crippen molar-refractivity contribution in [3.63, 3.8) is 0 Å². The molecule has 0 radical (unpaired) electrons. The highest BCUT2D eigenvalue weighted by atomic mass is 32.2.